The summed E-state index contributed by atoms with van der Waals surface area (Å²) in [6.07, 6.45) is 1.45. The zero-order valence-electron chi connectivity index (χ0n) is 15.6. The van der Waals surface area contributed by atoms with Gasteiger partial charge >= 0.3 is 0 Å². The molecule has 0 saturated carbocycles. The average molecular weight is 364 g/mol. The van der Waals surface area contributed by atoms with Gasteiger partial charge in [-0.25, -0.2) is 0 Å². The standard InChI is InChI=1S/C20H30ClN3O/c1-5-16(4)22-19(14-17-6-8-18(21)9-7-17)20(25)24-12-10-23(11-13-24)15(2)3/h6-9,15,19,22H,4-5,10-14H2,1-3H3. The molecule has 1 saturated heterocycles. The minimum atomic E-state index is -0.278. The van der Waals surface area contributed by atoms with Gasteiger partial charge in [-0.15, -0.1) is 0 Å². The van der Waals surface area contributed by atoms with Gasteiger partial charge in [0, 0.05) is 49.4 Å². The fraction of sp³-hybridized carbons (Fsp3) is 0.550. The quantitative estimate of drug-likeness (QED) is 0.807. The number of piperazine rings is 1. The van der Waals surface area contributed by atoms with Crippen molar-refractivity contribution >= 4 is 17.5 Å². The maximum absolute atomic E-state index is 13.1. The van der Waals surface area contributed by atoms with Crippen molar-refractivity contribution < 1.29 is 4.79 Å². The highest BCUT2D eigenvalue weighted by Crippen LogP contribution is 2.14. The Kier molecular flexibility index (Phi) is 7.33. The average Bonchev–Trinajstić information content (AvgIpc) is 2.62. The highest BCUT2D eigenvalue weighted by molar-refractivity contribution is 6.30. The third kappa shape index (κ3) is 5.75. The summed E-state index contributed by atoms with van der Waals surface area (Å²) in [6, 6.07) is 7.95. The molecule has 138 valence electrons. The molecule has 5 heteroatoms. The highest BCUT2D eigenvalue weighted by atomic mass is 35.5. The molecule has 1 atom stereocenters. The van der Waals surface area contributed by atoms with E-state index in [1.165, 1.54) is 0 Å². The normalized spacial score (nSPS) is 16.8. The SMILES string of the molecule is C=C(CC)NC(Cc1ccc(Cl)cc1)C(=O)N1CCN(C(C)C)CC1. The second kappa shape index (κ2) is 9.25. The predicted molar refractivity (Wildman–Crippen MR) is 105 cm³/mol. The third-order valence-electron chi connectivity index (χ3n) is 4.81. The molecule has 0 spiro atoms. The van der Waals surface area contributed by atoms with Crippen LogP contribution in [0.1, 0.15) is 32.8 Å². The molecule has 1 N–H and O–H groups in total. The molecular weight excluding hydrogens is 334 g/mol. The van der Waals surface area contributed by atoms with Crippen LogP contribution in [0.25, 0.3) is 0 Å². The Hall–Kier alpha value is -1.52. The molecule has 1 unspecified atom stereocenters. The second-order valence-electron chi connectivity index (χ2n) is 6.94. The van der Waals surface area contributed by atoms with Gasteiger partial charge in [0.1, 0.15) is 6.04 Å². The number of amides is 1. The fourth-order valence-corrected chi connectivity index (χ4v) is 3.21. The van der Waals surface area contributed by atoms with Gasteiger partial charge in [-0.3, -0.25) is 9.69 Å². The van der Waals surface area contributed by atoms with Gasteiger partial charge in [-0.2, -0.15) is 0 Å². The number of nitrogens with zero attached hydrogens (tertiary/aromatic N) is 2. The molecule has 0 aromatic heterocycles. The number of nitrogens with one attached hydrogen (secondary N) is 1. The van der Waals surface area contributed by atoms with Gasteiger partial charge in [0.05, 0.1) is 0 Å². The monoisotopic (exact) mass is 363 g/mol. The summed E-state index contributed by atoms with van der Waals surface area (Å²) in [4.78, 5) is 17.5. The number of carbonyl (C=O) groups is 1. The minimum absolute atomic E-state index is 0.160. The van der Waals surface area contributed by atoms with Crippen molar-refractivity contribution in [1.82, 2.24) is 15.1 Å². The molecule has 0 bridgehead atoms. The Bertz CT molecular complexity index is 577. The van der Waals surface area contributed by atoms with E-state index in [0.29, 0.717) is 17.5 Å². The Labute approximate surface area is 156 Å². The summed E-state index contributed by atoms with van der Waals surface area (Å²) in [6.45, 7) is 13.9. The summed E-state index contributed by atoms with van der Waals surface area (Å²) >= 11 is 5.97. The zero-order chi connectivity index (χ0) is 18.4. The van der Waals surface area contributed by atoms with Crippen LogP contribution in [0.4, 0.5) is 0 Å². The van der Waals surface area contributed by atoms with Crippen LogP contribution in [0.5, 0.6) is 0 Å². The molecule has 1 fully saturated rings. The van der Waals surface area contributed by atoms with Crippen LogP contribution in [0.2, 0.25) is 5.02 Å². The second-order valence-corrected chi connectivity index (χ2v) is 7.38. The summed E-state index contributed by atoms with van der Waals surface area (Å²) in [5, 5.41) is 4.04. The largest absolute Gasteiger partial charge is 0.377 e. The van der Waals surface area contributed by atoms with Crippen molar-refractivity contribution in [3.05, 3.63) is 47.1 Å². The van der Waals surface area contributed by atoms with Crippen LogP contribution in [0.15, 0.2) is 36.5 Å². The van der Waals surface area contributed by atoms with E-state index in [4.69, 9.17) is 11.6 Å². The maximum atomic E-state index is 13.1. The Morgan fingerprint density at radius 1 is 1.20 bits per heavy atom. The molecule has 1 aromatic rings. The van der Waals surface area contributed by atoms with E-state index < -0.39 is 0 Å². The third-order valence-corrected chi connectivity index (χ3v) is 5.06. The minimum Gasteiger partial charge on any atom is -0.377 e. The van der Waals surface area contributed by atoms with E-state index in [1.54, 1.807) is 0 Å². The number of allylic oxidation sites excluding steroid dienone is 1. The van der Waals surface area contributed by atoms with E-state index in [1.807, 2.05) is 36.1 Å². The van der Waals surface area contributed by atoms with Crippen LogP contribution < -0.4 is 5.32 Å². The van der Waals surface area contributed by atoms with Gasteiger partial charge < -0.3 is 10.2 Å². The molecule has 25 heavy (non-hydrogen) atoms. The molecule has 0 radical (unpaired) electrons. The molecule has 1 aliphatic rings. The van der Waals surface area contributed by atoms with Crippen molar-refractivity contribution in [1.29, 1.82) is 0 Å². The fourth-order valence-electron chi connectivity index (χ4n) is 3.08. The van der Waals surface area contributed by atoms with Crippen molar-refractivity contribution in [3.63, 3.8) is 0 Å². The first-order valence-electron chi connectivity index (χ1n) is 9.12. The van der Waals surface area contributed by atoms with Crippen molar-refractivity contribution in [2.45, 2.75) is 45.7 Å². The molecular formula is C20H30ClN3O. The molecule has 1 aromatic carbocycles. The van der Waals surface area contributed by atoms with Crippen molar-refractivity contribution in [3.8, 4) is 0 Å². The Balaban J connectivity index is 2.05. The summed E-state index contributed by atoms with van der Waals surface area (Å²) in [7, 11) is 0. The number of benzene rings is 1. The summed E-state index contributed by atoms with van der Waals surface area (Å²) < 4.78 is 0. The molecule has 1 aliphatic heterocycles. The van der Waals surface area contributed by atoms with E-state index >= 15 is 0 Å². The lowest BCUT2D eigenvalue weighted by atomic mass is 10.0. The van der Waals surface area contributed by atoms with E-state index in [-0.39, 0.29) is 11.9 Å². The lowest BCUT2D eigenvalue weighted by Crippen LogP contribution is -2.55. The van der Waals surface area contributed by atoms with Gasteiger partial charge in [-0.1, -0.05) is 37.2 Å². The van der Waals surface area contributed by atoms with Crippen molar-refractivity contribution in [2.24, 2.45) is 0 Å². The number of carbonyl (C=O) groups excluding carboxylic acids is 1. The number of hydrogen-bond donors (Lipinski definition) is 1. The topological polar surface area (TPSA) is 35.6 Å². The molecule has 1 amide bonds. The first-order valence-corrected chi connectivity index (χ1v) is 9.50. The van der Waals surface area contributed by atoms with Gasteiger partial charge in [0.25, 0.3) is 0 Å². The summed E-state index contributed by atoms with van der Waals surface area (Å²) in [5.74, 6) is 0.160. The molecule has 4 nitrogen and oxygen atoms in total. The van der Waals surface area contributed by atoms with Crippen LogP contribution >= 0.6 is 11.6 Å². The van der Waals surface area contributed by atoms with Crippen LogP contribution in [-0.4, -0.2) is 54.0 Å². The summed E-state index contributed by atoms with van der Waals surface area (Å²) in [5.41, 5.74) is 1.99. The molecule has 2 rings (SSSR count). The highest BCUT2D eigenvalue weighted by Gasteiger charge is 2.28. The van der Waals surface area contributed by atoms with E-state index in [0.717, 1.165) is 43.9 Å². The number of rotatable bonds is 7. The first kappa shape index (κ1) is 19.8. The van der Waals surface area contributed by atoms with Crippen molar-refractivity contribution in [2.75, 3.05) is 26.2 Å². The van der Waals surface area contributed by atoms with E-state index in [9.17, 15) is 4.79 Å². The van der Waals surface area contributed by atoms with Crippen LogP contribution in [0.3, 0.4) is 0 Å². The number of hydrogen-bond acceptors (Lipinski definition) is 3. The van der Waals surface area contributed by atoms with E-state index in [2.05, 4.69) is 30.6 Å². The predicted octanol–water partition coefficient (Wildman–Crippen LogP) is 3.32. The Morgan fingerprint density at radius 3 is 2.32 bits per heavy atom. The number of halogens is 1. The first-order chi connectivity index (χ1) is 11.9. The molecule has 0 aliphatic carbocycles. The zero-order valence-corrected chi connectivity index (χ0v) is 16.4. The molecule has 1 heterocycles. The smallest absolute Gasteiger partial charge is 0.245 e. The van der Waals surface area contributed by atoms with Crippen LogP contribution in [-0.2, 0) is 11.2 Å². The maximum Gasteiger partial charge on any atom is 0.245 e. The van der Waals surface area contributed by atoms with Gasteiger partial charge in [-0.05, 0) is 38.0 Å². The lowest BCUT2D eigenvalue weighted by Gasteiger charge is -2.38. The van der Waals surface area contributed by atoms with Gasteiger partial charge in [0.15, 0.2) is 0 Å². The van der Waals surface area contributed by atoms with Crippen LogP contribution in [0, 0.1) is 0 Å². The Morgan fingerprint density at radius 2 is 1.80 bits per heavy atom. The lowest BCUT2D eigenvalue weighted by molar-refractivity contribution is -0.135. The van der Waals surface area contributed by atoms with Gasteiger partial charge in [0.2, 0.25) is 5.91 Å².